The first-order valence-electron chi connectivity index (χ1n) is 5.63. The highest BCUT2D eigenvalue weighted by molar-refractivity contribution is 7.09. The van der Waals surface area contributed by atoms with E-state index in [0.29, 0.717) is 0 Å². The fourth-order valence-corrected chi connectivity index (χ4v) is 2.50. The molecule has 1 heterocycles. The molecule has 0 radical (unpaired) electrons. The van der Waals surface area contributed by atoms with Gasteiger partial charge in [-0.1, -0.05) is 24.6 Å². The summed E-state index contributed by atoms with van der Waals surface area (Å²) in [5.74, 6) is 0. The van der Waals surface area contributed by atoms with E-state index in [1.165, 1.54) is 5.01 Å². The Morgan fingerprint density at radius 2 is 2.24 bits per heavy atom. The van der Waals surface area contributed by atoms with E-state index < -0.39 is 0 Å². The first-order chi connectivity index (χ1) is 8.20. The largest absolute Gasteiger partial charge is 0.379 e. The van der Waals surface area contributed by atoms with Gasteiger partial charge in [-0.15, -0.1) is 11.3 Å². The number of rotatable bonds is 4. The van der Waals surface area contributed by atoms with E-state index in [0.717, 1.165) is 34.9 Å². The van der Waals surface area contributed by atoms with Gasteiger partial charge in [0.2, 0.25) is 0 Å². The molecular weight excluding hydrogens is 252 g/mol. The highest BCUT2D eigenvalue weighted by atomic mass is 35.5. The summed E-state index contributed by atoms with van der Waals surface area (Å²) in [5, 5.41) is 7.45. The van der Waals surface area contributed by atoms with Gasteiger partial charge in [-0.2, -0.15) is 0 Å². The smallest absolute Gasteiger partial charge is 0.0926 e. The first kappa shape index (κ1) is 12.4. The summed E-state index contributed by atoms with van der Waals surface area (Å²) >= 11 is 7.78. The van der Waals surface area contributed by atoms with Gasteiger partial charge in [-0.05, 0) is 31.0 Å². The maximum absolute atomic E-state index is 6.07. The second kappa shape index (κ2) is 5.52. The van der Waals surface area contributed by atoms with Gasteiger partial charge >= 0.3 is 0 Å². The molecule has 0 aliphatic carbocycles. The number of aromatic nitrogens is 1. The van der Waals surface area contributed by atoms with Crippen LogP contribution in [0.15, 0.2) is 23.6 Å². The lowest BCUT2D eigenvalue weighted by atomic mass is 10.2. The molecule has 0 spiro atoms. The minimum absolute atomic E-state index is 0.748. The zero-order valence-corrected chi connectivity index (χ0v) is 11.5. The molecule has 90 valence electrons. The van der Waals surface area contributed by atoms with Gasteiger partial charge in [0.25, 0.3) is 0 Å². The van der Waals surface area contributed by atoms with E-state index in [4.69, 9.17) is 11.6 Å². The van der Waals surface area contributed by atoms with Crippen molar-refractivity contribution in [2.45, 2.75) is 26.8 Å². The number of hydrogen-bond donors (Lipinski definition) is 1. The van der Waals surface area contributed by atoms with Crippen molar-refractivity contribution < 1.29 is 0 Å². The molecule has 0 amide bonds. The Balaban J connectivity index is 2.04. The van der Waals surface area contributed by atoms with Crippen LogP contribution in [0.3, 0.4) is 0 Å². The third kappa shape index (κ3) is 2.99. The summed E-state index contributed by atoms with van der Waals surface area (Å²) in [5.41, 5.74) is 3.25. The minimum atomic E-state index is 0.748. The molecule has 4 heteroatoms. The van der Waals surface area contributed by atoms with Gasteiger partial charge in [0.05, 0.1) is 17.2 Å². The molecule has 0 atom stereocenters. The van der Waals surface area contributed by atoms with Crippen molar-refractivity contribution in [1.29, 1.82) is 0 Å². The van der Waals surface area contributed by atoms with Crippen molar-refractivity contribution in [3.8, 4) is 0 Å². The van der Waals surface area contributed by atoms with Crippen LogP contribution < -0.4 is 5.32 Å². The number of anilines is 1. The lowest BCUT2D eigenvalue weighted by Gasteiger charge is -2.09. The van der Waals surface area contributed by atoms with E-state index in [9.17, 15) is 0 Å². The van der Waals surface area contributed by atoms with E-state index in [1.807, 2.05) is 25.1 Å². The number of thiazole rings is 1. The summed E-state index contributed by atoms with van der Waals surface area (Å²) in [6.45, 7) is 4.89. The topological polar surface area (TPSA) is 24.9 Å². The third-order valence-corrected chi connectivity index (χ3v) is 4.08. The van der Waals surface area contributed by atoms with Crippen molar-refractivity contribution in [3.63, 3.8) is 0 Å². The zero-order valence-electron chi connectivity index (χ0n) is 9.96. The second-order valence-corrected chi connectivity index (χ2v) is 5.20. The average molecular weight is 267 g/mol. The Bertz CT molecular complexity index is 508. The number of nitrogens with zero attached hydrogens (tertiary/aromatic N) is 1. The summed E-state index contributed by atoms with van der Waals surface area (Å²) in [6.07, 6.45) is 1.00. The number of halogens is 1. The molecule has 2 nitrogen and oxygen atoms in total. The highest BCUT2D eigenvalue weighted by Gasteiger charge is 2.03. The Morgan fingerprint density at radius 1 is 1.41 bits per heavy atom. The van der Waals surface area contributed by atoms with Gasteiger partial charge < -0.3 is 5.32 Å². The molecule has 0 saturated carbocycles. The predicted molar refractivity (Wildman–Crippen MR) is 75.0 cm³/mol. The summed E-state index contributed by atoms with van der Waals surface area (Å²) in [4.78, 5) is 4.52. The van der Waals surface area contributed by atoms with Crippen molar-refractivity contribution >= 4 is 28.6 Å². The lowest BCUT2D eigenvalue weighted by molar-refractivity contribution is 1.01. The Kier molecular flexibility index (Phi) is 4.02. The SMILES string of the molecule is CCc1nc(CNc2cccc(Cl)c2C)cs1. The highest BCUT2D eigenvalue weighted by Crippen LogP contribution is 2.23. The minimum Gasteiger partial charge on any atom is -0.379 e. The average Bonchev–Trinajstić information content (AvgIpc) is 2.79. The second-order valence-electron chi connectivity index (χ2n) is 3.85. The standard InChI is InChI=1S/C13H15ClN2S/c1-3-13-16-10(8-17-13)7-15-12-6-4-5-11(14)9(12)2/h4-6,8,15H,3,7H2,1-2H3. The van der Waals surface area contributed by atoms with Gasteiger partial charge in [0, 0.05) is 16.1 Å². The maximum Gasteiger partial charge on any atom is 0.0926 e. The number of aryl methyl sites for hydroxylation is 1. The molecule has 0 saturated heterocycles. The molecule has 0 fully saturated rings. The number of nitrogens with one attached hydrogen (secondary N) is 1. The first-order valence-corrected chi connectivity index (χ1v) is 6.88. The van der Waals surface area contributed by atoms with Crippen LogP contribution in [0, 0.1) is 6.92 Å². The van der Waals surface area contributed by atoms with Crippen molar-refractivity contribution in [2.24, 2.45) is 0 Å². The van der Waals surface area contributed by atoms with Crippen LogP contribution in [-0.4, -0.2) is 4.98 Å². The van der Waals surface area contributed by atoms with E-state index in [1.54, 1.807) is 11.3 Å². The van der Waals surface area contributed by atoms with Crippen LogP contribution in [0.4, 0.5) is 5.69 Å². The molecular formula is C13H15ClN2S. The fourth-order valence-electron chi connectivity index (χ4n) is 1.58. The molecule has 17 heavy (non-hydrogen) atoms. The van der Waals surface area contributed by atoms with Crippen LogP contribution >= 0.6 is 22.9 Å². The quantitative estimate of drug-likeness (QED) is 0.893. The third-order valence-electron chi connectivity index (χ3n) is 2.63. The van der Waals surface area contributed by atoms with Crippen LogP contribution in [0.1, 0.15) is 23.2 Å². The van der Waals surface area contributed by atoms with Gasteiger partial charge in [0.1, 0.15) is 0 Å². The molecule has 1 N–H and O–H groups in total. The van der Waals surface area contributed by atoms with Crippen molar-refractivity contribution in [3.05, 3.63) is 44.9 Å². The van der Waals surface area contributed by atoms with Gasteiger partial charge in [0.15, 0.2) is 0 Å². The van der Waals surface area contributed by atoms with Gasteiger partial charge in [-0.25, -0.2) is 4.98 Å². The fraction of sp³-hybridized carbons (Fsp3) is 0.308. The predicted octanol–water partition coefficient (Wildman–Crippen LogP) is 4.28. The molecule has 0 bridgehead atoms. The Morgan fingerprint density at radius 3 is 2.94 bits per heavy atom. The van der Waals surface area contributed by atoms with Crippen molar-refractivity contribution in [2.75, 3.05) is 5.32 Å². The Hall–Kier alpha value is -1.06. The molecule has 2 rings (SSSR count). The summed E-state index contributed by atoms with van der Waals surface area (Å²) in [6, 6.07) is 5.89. The molecule has 0 aliphatic rings. The Labute approximate surface area is 111 Å². The number of benzene rings is 1. The number of hydrogen-bond acceptors (Lipinski definition) is 3. The van der Waals surface area contributed by atoms with Crippen LogP contribution in [0.5, 0.6) is 0 Å². The molecule has 0 aliphatic heterocycles. The summed E-state index contributed by atoms with van der Waals surface area (Å²) in [7, 11) is 0. The van der Waals surface area contributed by atoms with Gasteiger partial charge in [-0.3, -0.25) is 0 Å². The molecule has 0 unspecified atom stereocenters. The normalized spacial score (nSPS) is 10.5. The van der Waals surface area contributed by atoms with E-state index in [2.05, 4.69) is 22.6 Å². The summed E-state index contributed by atoms with van der Waals surface area (Å²) < 4.78 is 0. The van der Waals surface area contributed by atoms with Crippen LogP contribution in [0.25, 0.3) is 0 Å². The zero-order chi connectivity index (χ0) is 12.3. The van der Waals surface area contributed by atoms with Crippen LogP contribution in [0.2, 0.25) is 5.02 Å². The lowest BCUT2D eigenvalue weighted by Crippen LogP contribution is -2.01. The monoisotopic (exact) mass is 266 g/mol. The van der Waals surface area contributed by atoms with E-state index in [-0.39, 0.29) is 0 Å². The molecule has 1 aromatic heterocycles. The molecule has 2 aromatic rings. The van der Waals surface area contributed by atoms with Crippen LogP contribution in [-0.2, 0) is 13.0 Å². The van der Waals surface area contributed by atoms with Crippen molar-refractivity contribution in [1.82, 2.24) is 4.98 Å². The maximum atomic E-state index is 6.07. The van der Waals surface area contributed by atoms with E-state index >= 15 is 0 Å². The molecule has 1 aromatic carbocycles.